The zero-order chi connectivity index (χ0) is 20.2. The van der Waals surface area contributed by atoms with Crippen LogP contribution < -0.4 is 4.90 Å². The lowest BCUT2D eigenvalue weighted by atomic mass is 10.2. The van der Waals surface area contributed by atoms with E-state index in [0.29, 0.717) is 43.1 Å². The van der Waals surface area contributed by atoms with Crippen molar-refractivity contribution < 1.29 is 13.6 Å². The predicted octanol–water partition coefficient (Wildman–Crippen LogP) is 4.07. The quantitative estimate of drug-likeness (QED) is 0.656. The molecule has 150 valence electrons. The van der Waals surface area contributed by atoms with Gasteiger partial charge in [-0.25, -0.2) is 9.37 Å². The molecule has 0 atom stereocenters. The Hall–Kier alpha value is -3.15. The lowest BCUT2D eigenvalue weighted by Gasteiger charge is -2.36. The van der Waals surface area contributed by atoms with E-state index in [1.54, 1.807) is 18.2 Å². The number of anilines is 1. The molecule has 0 bridgehead atoms. The molecule has 1 fully saturated rings. The summed E-state index contributed by atoms with van der Waals surface area (Å²) in [6, 6.07) is 14.9. The van der Waals surface area contributed by atoms with Crippen molar-refractivity contribution in [1.82, 2.24) is 9.88 Å². The summed E-state index contributed by atoms with van der Waals surface area (Å²) < 4.78 is 19.5. The monoisotopic (exact) mass is 393 g/mol. The number of oxazole rings is 1. The van der Waals surface area contributed by atoms with Crippen LogP contribution in [0.2, 0.25) is 0 Å². The molecule has 0 radical (unpaired) electrons. The van der Waals surface area contributed by atoms with Crippen LogP contribution in [-0.4, -0.2) is 42.0 Å². The lowest BCUT2D eigenvalue weighted by Crippen LogP contribution is -2.48. The fourth-order valence-corrected chi connectivity index (χ4v) is 3.62. The molecular formula is C23H24FN3O2. The van der Waals surface area contributed by atoms with E-state index < -0.39 is 0 Å². The van der Waals surface area contributed by atoms with Gasteiger partial charge >= 0.3 is 0 Å². The molecule has 1 aliphatic rings. The highest BCUT2D eigenvalue weighted by atomic mass is 19.1. The van der Waals surface area contributed by atoms with Gasteiger partial charge in [-0.1, -0.05) is 24.3 Å². The smallest absolute Gasteiger partial charge is 0.223 e. The molecule has 0 spiro atoms. The first-order valence-electron chi connectivity index (χ1n) is 9.89. The number of carbonyl (C=O) groups is 1. The molecule has 3 aromatic rings. The van der Waals surface area contributed by atoms with Crippen molar-refractivity contribution in [3.63, 3.8) is 0 Å². The maximum absolute atomic E-state index is 13.9. The number of halogens is 1. The van der Waals surface area contributed by atoms with Gasteiger partial charge in [-0.3, -0.25) is 4.79 Å². The van der Waals surface area contributed by atoms with Crippen LogP contribution in [0.25, 0.3) is 11.3 Å². The van der Waals surface area contributed by atoms with Crippen LogP contribution in [0.4, 0.5) is 10.1 Å². The van der Waals surface area contributed by atoms with Crippen molar-refractivity contribution in [2.45, 2.75) is 19.8 Å². The number of piperazine rings is 1. The minimum atomic E-state index is -0.349. The third kappa shape index (κ3) is 4.47. The summed E-state index contributed by atoms with van der Waals surface area (Å²) in [6.07, 6.45) is 2.26. The largest absolute Gasteiger partial charge is 0.441 e. The average Bonchev–Trinajstić information content (AvgIpc) is 3.21. The maximum atomic E-state index is 13.9. The molecule has 1 aliphatic heterocycles. The van der Waals surface area contributed by atoms with Crippen LogP contribution in [0, 0.1) is 12.7 Å². The third-order valence-electron chi connectivity index (χ3n) is 5.24. The van der Waals surface area contributed by atoms with Crippen molar-refractivity contribution in [1.29, 1.82) is 0 Å². The highest BCUT2D eigenvalue weighted by Gasteiger charge is 2.22. The van der Waals surface area contributed by atoms with E-state index in [2.05, 4.69) is 41.1 Å². The van der Waals surface area contributed by atoms with Crippen molar-refractivity contribution in [2.24, 2.45) is 0 Å². The van der Waals surface area contributed by atoms with E-state index in [1.165, 1.54) is 23.5 Å². The number of amides is 1. The van der Waals surface area contributed by atoms with Crippen molar-refractivity contribution in [3.8, 4) is 11.3 Å². The Morgan fingerprint density at radius 3 is 2.66 bits per heavy atom. The van der Waals surface area contributed by atoms with Crippen LogP contribution >= 0.6 is 0 Å². The van der Waals surface area contributed by atoms with E-state index >= 15 is 0 Å². The van der Waals surface area contributed by atoms with E-state index in [4.69, 9.17) is 4.42 Å². The standard InChI is InChI=1S/C23H24FN3O2/c1-17-5-4-6-18(15-17)26-11-13-27(14-12-26)23(28)10-9-22-25-16-21(29-22)19-7-2-3-8-20(19)24/h2-8,15-16H,9-14H2,1H3. The van der Waals surface area contributed by atoms with Crippen molar-refractivity contribution in [2.75, 3.05) is 31.1 Å². The van der Waals surface area contributed by atoms with E-state index in [0.717, 1.165) is 13.1 Å². The van der Waals surface area contributed by atoms with Crippen molar-refractivity contribution >= 4 is 11.6 Å². The second kappa shape index (κ2) is 8.47. The average molecular weight is 393 g/mol. The molecule has 1 amide bonds. The van der Waals surface area contributed by atoms with Gasteiger partial charge in [0.05, 0.1) is 11.8 Å². The predicted molar refractivity (Wildman–Crippen MR) is 110 cm³/mol. The number of hydrogen-bond donors (Lipinski definition) is 0. The summed E-state index contributed by atoms with van der Waals surface area (Å²) in [5, 5.41) is 0. The number of hydrogen-bond acceptors (Lipinski definition) is 4. The van der Waals surface area contributed by atoms with Crippen LogP contribution in [0.3, 0.4) is 0 Å². The number of rotatable bonds is 5. The fourth-order valence-electron chi connectivity index (χ4n) is 3.62. The molecule has 29 heavy (non-hydrogen) atoms. The molecule has 0 unspecified atom stereocenters. The van der Waals surface area contributed by atoms with E-state index in [-0.39, 0.29) is 11.7 Å². The van der Waals surface area contributed by atoms with Gasteiger partial charge in [0.15, 0.2) is 11.7 Å². The SMILES string of the molecule is Cc1cccc(N2CCN(C(=O)CCc3ncc(-c4ccccc4F)o3)CC2)c1. The second-order valence-electron chi connectivity index (χ2n) is 7.30. The van der Waals surface area contributed by atoms with E-state index in [1.807, 2.05) is 4.90 Å². The Bertz CT molecular complexity index is 993. The van der Waals surface area contributed by atoms with Crippen LogP contribution in [0.5, 0.6) is 0 Å². The molecule has 2 heterocycles. The summed E-state index contributed by atoms with van der Waals surface area (Å²) in [4.78, 5) is 21.0. The summed E-state index contributed by atoms with van der Waals surface area (Å²) >= 11 is 0. The first-order chi connectivity index (χ1) is 14.1. The van der Waals surface area contributed by atoms with Gasteiger partial charge in [-0.2, -0.15) is 0 Å². The molecular weight excluding hydrogens is 369 g/mol. The zero-order valence-electron chi connectivity index (χ0n) is 16.5. The highest BCUT2D eigenvalue weighted by Crippen LogP contribution is 2.24. The maximum Gasteiger partial charge on any atom is 0.223 e. The number of benzene rings is 2. The normalized spacial score (nSPS) is 14.3. The molecule has 6 heteroatoms. The zero-order valence-corrected chi connectivity index (χ0v) is 16.5. The van der Waals surface area contributed by atoms with Gasteiger partial charge in [-0.15, -0.1) is 0 Å². The summed E-state index contributed by atoms with van der Waals surface area (Å²) in [7, 11) is 0. The number of carbonyl (C=O) groups excluding carboxylic acids is 1. The minimum absolute atomic E-state index is 0.0968. The van der Waals surface area contributed by atoms with Gasteiger partial charge < -0.3 is 14.2 Å². The molecule has 0 aliphatic carbocycles. The molecule has 0 N–H and O–H groups in total. The van der Waals surface area contributed by atoms with Gasteiger partial charge in [0.2, 0.25) is 5.91 Å². The number of aryl methyl sites for hydroxylation is 2. The third-order valence-corrected chi connectivity index (χ3v) is 5.24. The number of aromatic nitrogens is 1. The molecule has 1 saturated heterocycles. The van der Waals surface area contributed by atoms with Gasteiger partial charge in [0.1, 0.15) is 5.82 Å². The Morgan fingerprint density at radius 2 is 1.90 bits per heavy atom. The topological polar surface area (TPSA) is 49.6 Å². The van der Waals surface area contributed by atoms with Crippen LogP contribution in [-0.2, 0) is 11.2 Å². The first-order valence-corrected chi connectivity index (χ1v) is 9.89. The Morgan fingerprint density at radius 1 is 1.10 bits per heavy atom. The van der Waals surface area contributed by atoms with Crippen LogP contribution in [0.1, 0.15) is 17.9 Å². The van der Waals surface area contributed by atoms with Gasteiger partial charge in [0, 0.05) is 44.7 Å². The van der Waals surface area contributed by atoms with Crippen molar-refractivity contribution in [3.05, 3.63) is 72.0 Å². The fraction of sp³-hybridized carbons (Fsp3) is 0.304. The van der Waals surface area contributed by atoms with Crippen LogP contribution in [0.15, 0.2) is 59.1 Å². The molecule has 4 rings (SSSR count). The first kappa shape index (κ1) is 19.2. The molecule has 2 aromatic carbocycles. The Kier molecular flexibility index (Phi) is 5.60. The molecule has 0 saturated carbocycles. The summed E-state index contributed by atoms with van der Waals surface area (Å²) in [5.41, 5.74) is 2.82. The Balaban J connectivity index is 1.29. The minimum Gasteiger partial charge on any atom is -0.441 e. The lowest BCUT2D eigenvalue weighted by molar-refractivity contribution is -0.131. The molecule has 1 aromatic heterocycles. The summed E-state index contributed by atoms with van der Waals surface area (Å²) in [6.45, 7) is 5.15. The second-order valence-corrected chi connectivity index (χ2v) is 7.30. The van der Waals surface area contributed by atoms with E-state index in [9.17, 15) is 9.18 Å². The Labute approximate surface area is 169 Å². The molecule has 5 nitrogen and oxygen atoms in total. The number of nitrogens with zero attached hydrogens (tertiary/aromatic N) is 3. The van der Waals surface area contributed by atoms with Gasteiger partial charge in [-0.05, 0) is 36.8 Å². The highest BCUT2D eigenvalue weighted by molar-refractivity contribution is 5.76. The summed E-state index contributed by atoms with van der Waals surface area (Å²) in [5.74, 6) is 0.588. The van der Waals surface area contributed by atoms with Gasteiger partial charge in [0.25, 0.3) is 0 Å².